The molecule has 1 heterocycles. The van der Waals surface area contributed by atoms with Crippen molar-refractivity contribution in [1.29, 1.82) is 0 Å². The SMILES string of the molecule is CCOc1ccc(N2C(=O)C(=O)C(=C(O)c3ccccc3)C2c2cccc([N+](=O)[O-])c2)cc1. The Morgan fingerprint density at radius 3 is 2.36 bits per heavy atom. The number of hydrogen-bond donors (Lipinski definition) is 1. The molecule has 0 bridgehead atoms. The lowest BCUT2D eigenvalue weighted by Gasteiger charge is -2.25. The van der Waals surface area contributed by atoms with Crippen molar-refractivity contribution in [2.24, 2.45) is 0 Å². The molecule has 1 unspecified atom stereocenters. The lowest BCUT2D eigenvalue weighted by Crippen LogP contribution is -2.29. The van der Waals surface area contributed by atoms with E-state index in [1.54, 1.807) is 60.7 Å². The van der Waals surface area contributed by atoms with Crippen molar-refractivity contribution in [2.75, 3.05) is 11.5 Å². The zero-order valence-corrected chi connectivity index (χ0v) is 17.7. The van der Waals surface area contributed by atoms with Crippen molar-refractivity contribution in [3.63, 3.8) is 0 Å². The van der Waals surface area contributed by atoms with Gasteiger partial charge in [0.2, 0.25) is 0 Å². The van der Waals surface area contributed by atoms with E-state index in [-0.39, 0.29) is 17.0 Å². The zero-order valence-electron chi connectivity index (χ0n) is 17.7. The number of benzene rings is 3. The number of carbonyl (C=O) groups is 2. The van der Waals surface area contributed by atoms with Gasteiger partial charge in [-0.05, 0) is 36.8 Å². The average Bonchev–Trinajstić information content (AvgIpc) is 3.10. The summed E-state index contributed by atoms with van der Waals surface area (Å²) in [6, 6.07) is 19.6. The second-order valence-electron chi connectivity index (χ2n) is 7.31. The minimum atomic E-state index is -1.05. The monoisotopic (exact) mass is 444 g/mol. The molecule has 3 aromatic carbocycles. The van der Waals surface area contributed by atoms with Gasteiger partial charge in [0, 0.05) is 23.4 Å². The molecule has 1 amide bonds. The zero-order chi connectivity index (χ0) is 23.5. The number of rotatable bonds is 6. The normalized spacial score (nSPS) is 17.2. The summed E-state index contributed by atoms with van der Waals surface area (Å²) in [5.74, 6) is -1.47. The Balaban J connectivity index is 1.92. The van der Waals surface area contributed by atoms with Gasteiger partial charge in [-0.1, -0.05) is 42.5 Å². The Morgan fingerprint density at radius 2 is 1.73 bits per heavy atom. The maximum absolute atomic E-state index is 13.1. The number of anilines is 1. The fourth-order valence-corrected chi connectivity index (χ4v) is 3.84. The molecule has 1 aliphatic heterocycles. The molecular formula is C25H20N2O6. The predicted molar refractivity (Wildman–Crippen MR) is 122 cm³/mol. The first kappa shape index (κ1) is 21.8. The smallest absolute Gasteiger partial charge is 0.300 e. The number of non-ortho nitro benzene ring substituents is 1. The number of aliphatic hydroxyl groups excluding tert-OH is 1. The summed E-state index contributed by atoms with van der Waals surface area (Å²) in [5.41, 5.74) is 0.752. The van der Waals surface area contributed by atoms with E-state index in [0.717, 1.165) is 0 Å². The number of nitrogens with zero attached hydrogens (tertiary/aromatic N) is 2. The second-order valence-corrected chi connectivity index (χ2v) is 7.31. The number of amides is 1. The van der Waals surface area contributed by atoms with E-state index < -0.39 is 22.7 Å². The van der Waals surface area contributed by atoms with Crippen LogP contribution in [0.2, 0.25) is 0 Å². The Morgan fingerprint density at radius 1 is 1.03 bits per heavy atom. The third-order valence-corrected chi connectivity index (χ3v) is 5.31. The molecule has 0 saturated carbocycles. The summed E-state index contributed by atoms with van der Waals surface area (Å²) in [7, 11) is 0. The summed E-state index contributed by atoms with van der Waals surface area (Å²) in [6.45, 7) is 2.31. The van der Waals surface area contributed by atoms with Crippen molar-refractivity contribution in [3.05, 3.63) is 106 Å². The number of hydrogen-bond acceptors (Lipinski definition) is 6. The van der Waals surface area contributed by atoms with Crippen molar-refractivity contribution in [2.45, 2.75) is 13.0 Å². The van der Waals surface area contributed by atoms with Crippen LogP contribution in [-0.4, -0.2) is 28.3 Å². The minimum Gasteiger partial charge on any atom is -0.507 e. The van der Waals surface area contributed by atoms with Crippen LogP contribution in [0.1, 0.15) is 24.1 Å². The Hall–Kier alpha value is -4.46. The molecule has 1 aliphatic rings. The Bertz CT molecular complexity index is 1250. The molecule has 0 spiro atoms. The number of carbonyl (C=O) groups excluding carboxylic acids is 2. The highest BCUT2D eigenvalue weighted by Crippen LogP contribution is 2.43. The van der Waals surface area contributed by atoms with Gasteiger partial charge in [0.25, 0.3) is 17.4 Å². The first-order chi connectivity index (χ1) is 15.9. The second kappa shape index (κ2) is 8.96. The summed E-state index contributed by atoms with van der Waals surface area (Å²) in [4.78, 5) is 38.3. The Labute approximate surface area is 189 Å². The van der Waals surface area contributed by atoms with Crippen LogP contribution in [0.25, 0.3) is 5.76 Å². The molecule has 3 aromatic rings. The molecule has 1 atom stereocenters. The minimum absolute atomic E-state index is 0.138. The first-order valence-electron chi connectivity index (χ1n) is 10.3. The van der Waals surface area contributed by atoms with Gasteiger partial charge >= 0.3 is 0 Å². The Kier molecular flexibility index (Phi) is 5.91. The molecule has 0 aromatic heterocycles. The van der Waals surface area contributed by atoms with E-state index in [0.29, 0.717) is 29.2 Å². The van der Waals surface area contributed by atoms with Gasteiger partial charge in [-0.2, -0.15) is 0 Å². The van der Waals surface area contributed by atoms with Gasteiger partial charge in [-0.25, -0.2) is 0 Å². The van der Waals surface area contributed by atoms with Gasteiger partial charge in [-0.3, -0.25) is 24.6 Å². The van der Waals surface area contributed by atoms with Gasteiger partial charge in [-0.15, -0.1) is 0 Å². The van der Waals surface area contributed by atoms with Crippen molar-refractivity contribution < 1.29 is 24.4 Å². The van der Waals surface area contributed by atoms with Crippen molar-refractivity contribution >= 4 is 28.8 Å². The number of nitro groups is 1. The van der Waals surface area contributed by atoms with E-state index in [9.17, 15) is 24.8 Å². The van der Waals surface area contributed by atoms with Crippen LogP contribution in [-0.2, 0) is 9.59 Å². The van der Waals surface area contributed by atoms with E-state index >= 15 is 0 Å². The molecule has 8 heteroatoms. The van der Waals surface area contributed by atoms with Crippen LogP contribution < -0.4 is 9.64 Å². The van der Waals surface area contributed by atoms with Gasteiger partial charge < -0.3 is 9.84 Å². The summed E-state index contributed by atoms with van der Waals surface area (Å²) in [6.07, 6.45) is 0. The lowest BCUT2D eigenvalue weighted by molar-refractivity contribution is -0.384. The predicted octanol–water partition coefficient (Wildman–Crippen LogP) is 4.62. The lowest BCUT2D eigenvalue weighted by atomic mass is 9.95. The number of nitro benzene ring substituents is 1. The van der Waals surface area contributed by atoms with E-state index in [1.165, 1.54) is 23.1 Å². The first-order valence-corrected chi connectivity index (χ1v) is 10.3. The van der Waals surface area contributed by atoms with Crippen LogP contribution in [0.5, 0.6) is 5.75 Å². The molecular weight excluding hydrogens is 424 g/mol. The largest absolute Gasteiger partial charge is 0.507 e. The molecule has 8 nitrogen and oxygen atoms in total. The number of aliphatic hydroxyl groups is 1. The molecule has 166 valence electrons. The summed E-state index contributed by atoms with van der Waals surface area (Å²) in [5, 5.41) is 22.4. The van der Waals surface area contributed by atoms with E-state index in [4.69, 9.17) is 4.74 Å². The highest BCUT2D eigenvalue weighted by Gasteiger charge is 2.47. The molecule has 33 heavy (non-hydrogen) atoms. The topological polar surface area (TPSA) is 110 Å². The quantitative estimate of drug-likeness (QED) is 0.195. The molecule has 1 N–H and O–H groups in total. The van der Waals surface area contributed by atoms with Crippen molar-refractivity contribution in [3.8, 4) is 5.75 Å². The van der Waals surface area contributed by atoms with E-state index in [1.807, 2.05) is 6.92 Å². The summed E-state index contributed by atoms with van der Waals surface area (Å²) < 4.78 is 5.45. The van der Waals surface area contributed by atoms with Crippen LogP contribution in [0.15, 0.2) is 84.4 Å². The standard InChI is InChI=1S/C25H20N2O6/c1-2-33-20-13-11-18(12-14-20)26-22(17-9-6-10-19(15-17)27(31)32)21(24(29)25(26)30)23(28)16-7-4-3-5-8-16/h3-15,22,28H,2H2,1H3. The van der Waals surface area contributed by atoms with Gasteiger partial charge in [0.1, 0.15) is 11.5 Å². The molecule has 1 fully saturated rings. The maximum atomic E-state index is 13.1. The average molecular weight is 444 g/mol. The van der Waals surface area contributed by atoms with E-state index in [2.05, 4.69) is 0 Å². The number of ketones is 1. The molecule has 0 aliphatic carbocycles. The molecule has 1 saturated heterocycles. The van der Waals surface area contributed by atoms with Crippen LogP contribution >= 0.6 is 0 Å². The van der Waals surface area contributed by atoms with Crippen LogP contribution in [0.3, 0.4) is 0 Å². The van der Waals surface area contributed by atoms with Gasteiger partial charge in [0.15, 0.2) is 0 Å². The summed E-state index contributed by atoms with van der Waals surface area (Å²) >= 11 is 0. The van der Waals surface area contributed by atoms with Crippen LogP contribution in [0.4, 0.5) is 11.4 Å². The highest BCUT2D eigenvalue weighted by atomic mass is 16.6. The number of Topliss-reactive ketones (excluding diaryl/α,β-unsaturated/α-hetero) is 1. The molecule has 4 rings (SSSR count). The van der Waals surface area contributed by atoms with Crippen molar-refractivity contribution in [1.82, 2.24) is 0 Å². The van der Waals surface area contributed by atoms with Crippen LogP contribution in [0, 0.1) is 10.1 Å². The third kappa shape index (κ3) is 4.06. The maximum Gasteiger partial charge on any atom is 0.300 e. The number of ether oxygens (including phenoxy) is 1. The molecule has 0 radical (unpaired) electrons. The fourth-order valence-electron chi connectivity index (χ4n) is 3.84. The highest BCUT2D eigenvalue weighted by molar-refractivity contribution is 6.51. The van der Waals surface area contributed by atoms with Gasteiger partial charge in [0.05, 0.1) is 23.1 Å². The third-order valence-electron chi connectivity index (χ3n) is 5.31. The fraction of sp³-hybridized carbons (Fsp3) is 0.120.